The highest BCUT2D eigenvalue weighted by molar-refractivity contribution is 5.98. The van der Waals surface area contributed by atoms with E-state index in [1.165, 1.54) is 17.6 Å². The van der Waals surface area contributed by atoms with Crippen molar-refractivity contribution in [2.45, 2.75) is 13.5 Å². The summed E-state index contributed by atoms with van der Waals surface area (Å²) in [5.41, 5.74) is 1.50. The fourth-order valence-corrected chi connectivity index (χ4v) is 2.20. The number of carbonyl (C=O) groups excluding carboxylic acids is 3. The predicted molar refractivity (Wildman–Crippen MR) is 90.5 cm³/mol. The van der Waals surface area contributed by atoms with Crippen LogP contribution >= 0.6 is 0 Å². The molecule has 7 heteroatoms. The Bertz CT molecular complexity index is 795. The van der Waals surface area contributed by atoms with Crippen LogP contribution in [-0.4, -0.2) is 35.9 Å². The number of carbonyl (C=O) groups is 3. The van der Waals surface area contributed by atoms with E-state index in [2.05, 4.69) is 5.32 Å². The molecule has 132 valence electrons. The van der Waals surface area contributed by atoms with E-state index in [1.54, 1.807) is 26.4 Å². The molecule has 1 N–H and O–H groups in total. The molecule has 0 aliphatic heterocycles. The number of methoxy groups -OCH3 is 1. The van der Waals surface area contributed by atoms with E-state index in [0.717, 1.165) is 5.56 Å². The minimum atomic E-state index is -0.661. The third-order valence-electron chi connectivity index (χ3n) is 3.58. The van der Waals surface area contributed by atoms with Crippen LogP contribution < -0.4 is 10.1 Å². The second-order valence-corrected chi connectivity index (χ2v) is 5.49. The molecule has 0 fully saturated rings. The molecule has 1 amide bonds. The fourth-order valence-electron chi connectivity index (χ4n) is 2.20. The van der Waals surface area contributed by atoms with E-state index >= 15 is 0 Å². The monoisotopic (exact) mass is 344 g/mol. The molecular formula is C18H20N2O5. The zero-order valence-corrected chi connectivity index (χ0v) is 14.4. The van der Waals surface area contributed by atoms with Gasteiger partial charge in [-0.15, -0.1) is 0 Å². The van der Waals surface area contributed by atoms with Crippen LogP contribution in [0.4, 0.5) is 0 Å². The van der Waals surface area contributed by atoms with Crippen molar-refractivity contribution in [2.24, 2.45) is 7.05 Å². The smallest absolute Gasteiger partial charge is 0.355 e. The van der Waals surface area contributed by atoms with Gasteiger partial charge in [-0.1, -0.05) is 12.1 Å². The van der Waals surface area contributed by atoms with Gasteiger partial charge in [0.2, 0.25) is 0 Å². The summed E-state index contributed by atoms with van der Waals surface area (Å²) < 4.78 is 11.6. The first-order valence-corrected chi connectivity index (χ1v) is 7.64. The summed E-state index contributed by atoms with van der Waals surface area (Å²) in [6, 6.07) is 8.73. The van der Waals surface area contributed by atoms with Gasteiger partial charge in [-0.2, -0.15) is 0 Å². The number of amides is 1. The molecule has 0 aliphatic carbocycles. The normalized spacial score (nSPS) is 10.2. The summed E-state index contributed by atoms with van der Waals surface area (Å²) in [5.74, 6) is -0.530. The zero-order chi connectivity index (χ0) is 18.4. The summed E-state index contributed by atoms with van der Waals surface area (Å²) >= 11 is 0. The Balaban J connectivity index is 1.85. The summed E-state index contributed by atoms with van der Waals surface area (Å²) in [5, 5.41) is 2.66. The summed E-state index contributed by atoms with van der Waals surface area (Å²) in [4.78, 5) is 35.2. The molecule has 1 heterocycles. The predicted octanol–water partition coefficient (Wildman–Crippen LogP) is 1.71. The molecule has 0 atom stereocenters. The Morgan fingerprint density at radius 1 is 1.20 bits per heavy atom. The molecule has 0 saturated carbocycles. The molecule has 0 spiro atoms. The quantitative estimate of drug-likeness (QED) is 0.610. The SMILES string of the molecule is COc1cccc(CNC(=O)COC(=O)c2cc(C(C)=O)cn2C)c1. The number of nitrogens with zero attached hydrogens (tertiary/aromatic N) is 1. The Morgan fingerprint density at radius 3 is 2.60 bits per heavy atom. The van der Waals surface area contributed by atoms with Crippen molar-refractivity contribution in [1.29, 1.82) is 0 Å². The van der Waals surface area contributed by atoms with Gasteiger partial charge in [-0.05, 0) is 30.7 Å². The van der Waals surface area contributed by atoms with Crippen LogP contribution in [-0.2, 0) is 23.1 Å². The van der Waals surface area contributed by atoms with E-state index in [4.69, 9.17) is 9.47 Å². The van der Waals surface area contributed by atoms with Crippen molar-refractivity contribution in [3.8, 4) is 5.75 Å². The number of ketones is 1. The molecule has 25 heavy (non-hydrogen) atoms. The second-order valence-electron chi connectivity index (χ2n) is 5.49. The molecular weight excluding hydrogens is 324 g/mol. The molecule has 0 aliphatic rings. The van der Waals surface area contributed by atoms with Crippen molar-refractivity contribution in [3.63, 3.8) is 0 Å². The fraction of sp³-hybridized carbons (Fsp3) is 0.278. The molecule has 1 aromatic carbocycles. The van der Waals surface area contributed by atoms with Crippen LogP contribution in [0, 0.1) is 0 Å². The number of nitrogens with one attached hydrogen (secondary N) is 1. The number of ether oxygens (including phenoxy) is 2. The summed E-state index contributed by atoms with van der Waals surface area (Å²) in [6.07, 6.45) is 1.54. The number of esters is 1. The average Bonchev–Trinajstić information content (AvgIpc) is 3.00. The highest BCUT2D eigenvalue weighted by Crippen LogP contribution is 2.12. The van der Waals surface area contributed by atoms with Crippen molar-refractivity contribution in [2.75, 3.05) is 13.7 Å². The summed E-state index contributed by atoms with van der Waals surface area (Å²) in [6.45, 7) is 1.31. The van der Waals surface area contributed by atoms with Gasteiger partial charge in [0.25, 0.3) is 5.91 Å². The highest BCUT2D eigenvalue weighted by atomic mass is 16.5. The number of Topliss-reactive ketones (excluding diaryl/α,β-unsaturated/α-hetero) is 1. The van der Waals surface area contributed by atoms with Crippen LogP contribution in [0.3, 0.4) is 0 Å². The Labute approximate surface area is 145 Å². The van der Waals surface area contributed by atoms with E-state index < -0.39 is 18.5 Å². The van der Waals surface area contributed by atoms with Gasteiger partial charge < -0.3 is 19.4 Å². The molecule has 2 rings (SSSR count). The van der Waals surface area contributed by atoms with Crippen molar-refractivity contribution < 1.29 is 23.9 Å². The number of aromatic nitrogens is 1. The lowest BCUT2D eigenvalue weighted by molar-refractivity contribution is -0.124. The van der Waals surface area contributed by atoms with Gasteiger partial charge in [0.15, 0.2) is 12.4 Å². The molecule has 7 nitrogen and oxygen atoms in total. The van der Waals surface area contributed by atoms with Crippen LogP contribution in [0.2, 0.25) is 0 Å². The van der Waals surface area contributed by atoms with E-state index in [9.17, 15) is 14.4 Å². The van der Waals surface area contributed by atoms with Gasteiger partial charge in [0.05, 0.1) is 7.11 Å². The Morgan fingerprint density at radius 2 is 1.96 bits per heavy atom. The molecule has 0 unspecified atom stereocenters. The van der Waals surface area contributed by atoms with E-state index in [-0.39, 0.29) is 11.5 Å². The molecule has 0 radical (unpaired) electrons. The van der Waals surface area contributed by atoms with Gasteiger partial charge in [-0.25, -0.2) is 4.79 Å². The maximum atomic E-state index is 12.0. The molecule has 0 bridgehead atoms. The number of rotatable bonds is 7. The highest BCUT2D eigenvalue weighted by Gasteiger charge is 2.16. The largest absolute Gasteiger partial charge is 0.497 e. The third kappa shape index (κ3) is 4.94. The van der Waals surface area contributed by atoms with Crippen LogP contribution in [0.25, 0.3) is 0 Å². The maximum Gasteiger partial charge on any atom is 0.355 e. The number of benzene rings is 1. The van der Waals surface area contributed by atoms with Gasteiger partial charge >= 0.3 is 5.97 Å². The molecule has 1 aromatic heterocycles. The van der Waals surface area contributed by atoms with Crippen LogP contribution in [0.15, 0.2) is 36.5 Å². The topological polar surface area (TPSA) is 86.6 Å². The minimum absolute atomic E-state index is 0.148. The Hall–Kier alpha value is -3.09. The first-order chi connectivity index (χ1) is 11.9. The zero-order valence-electron chi connectivity index (χ0n) is 14.4. The maximum absolute atomic E-state index is 12.0. The number of hydrogen-bond donors (Lipinski definition) is 1. The van der Waals surface area contributed by atoms with E-state index in [0.29, 0.717) is 17.9 Å². The van der Waals surface area contributed by atoms with Crippen LogP contribution in [0.5, 0.6) is 5.75 Å². The first kappa shape index (κ1) is 18.3. The number of hydrogen-bond acceptors (Lipinski definition) is 5. The molecule has 0 saturated heterocycles. The summed E-state index contributed by atoms with van der Waals surface area (Å²) in [7, 11) is 3.20. The Kier molecular flexibility index (Phi) is 5.94. The number of aryl methyl sites for hydroxylation is 1. The first-order valence-electron chi connectivity index (χ1n) is 7.64. The lowest BCUT2D eigenvalue weighted by Gasteiger charge is -2.08. The third-order valence-corrected chi connectivity index (χ3v) is 3.58. The lowest BCUT2D eigenvalue weighted by Crippen LogP contribution is -2.28. The lowest BCUT2D eigenvalue weighted by atomic mass is 10.2. The average molecular weight is 344 g/mol. The van der Waals surface area contributed by atoms with Crippen molar-refractivity contribution >= 4 is 17.7 Å². The van der Waals surface area contributed by atoms with Gasteiger partial charge in [0, 0.05) is 25.4 Å². The van der Waals surface area contributed by atoms with E-state index in [1.807, 2.05) is 18.2 Å². The standard InChI is InChI=1S/C18H20N2O5/c1-12(21)14-8-16(20(2)10-14)18(23)25-11-17(22)19-9-13-5-4-6-15(7-13)24-3/h4-8,10H,9,11H2,1-3H3,(H,19,22). The molecule has 2 aromatic rings. The van der Waals surface area contributed by atoms with Crippen LogP contribution in [0.1, 0.15) is 33.3 Å². The minimum Gasteiger partial charge on any atom is -0.497 e. The van der Waals surface area contributed by atoms with Gasteiger partial charge in [0.1, 0.15) is 11.4 Å². The van der Waals surface area contributed by atoms with Crippen molar-refractivity contribution in [3.05, 3.63) is 53.3 Å². The van der Waals surface area contributed by atoms with Crippen molar-refractivity contribution in [1.82, 2.24) is 9.88 Å². The van der Waals surface area contributed by atoms with Gasteiger partial charge in [-0.3, -0.25) is 9.59 Å². The second kappa shape index (κ2) is 8.14.